The van der Waals surface area contributed by atoms with Gasteiger partial charge in [-0.15, -0.1) is 0 Å². The molecule has 1 nitrogen and oxygen atoms in total. The highest BCUT2D eigenvalue weighted by atomic mass is 16.1. The zero-order valence-electron chi connectivity index (χ0n) is 9.84. The van der Waals surface area contributed by atoms with Crippen molar-refractivity contribution in [3.63, 3.8) is 0 Å². The average molecular weight is 208 g/mol. The van der Waals surface area contributed by atoms with Gasteiger partial charge in [-0.25, -0.2) is 0 Å². The Morgan fingerprint density at radius 3 is 2.33 bits per heavy atom. The highest BCUT2D eigenvalue weighted by Gasteiger charge is 2.23. The van der Waals surface area contributed by atoms with E-state index < -0.39 is 0 Å². The van der Waals surface area contributed by atoms with Crippen LogP contribution in [-0.4, -0.2) is 5.78 Å². The summed E-state index contributed by atoms with van der Waals surface area (Å²) in [5.41, 5.74) is 0. The van der Waals surface area contributed by atoms with Crippen molar-refractivity contribution in [3.05, 3.63) is 0 Å². The summed E-state index contributed by atoms with van der Waals surface area (Å²) in [6.45, 7) is 0. The molecule has 15 heavy (non-hydrogen) atoms. The quantitative estimate of drug-likeness (QED) is 0.682. The molecule has 0 aromatic carbocycles. The molecule has 0 radical (unpaired) electrons. The molecule has 0 spiro atoms. The van der Waals surface area contributed by atoms with Crippen molar-refractivity contribution in [3.8, 4) is 0 Å². The molecule has 0 aromatic heterocycles. The van der Waals surface area contributed by atoms with Crippen LogP contribution in [0.4, 0.5) is 0 Å². The summed E-state index contributed by atoms with van der Waals surface area (Å²) in [5.74, 6) is 1.96. The van der Waals surface area contributed by atoms with Gasteiger partial charge in [0.05, 0.1) is 0 Å². The van der Waals surface area contributed by atoms with Gasteiger partial charge in [-0.05, 0) is 31.6 Å². The van der Waals surface area contributed by atoms with E-state index in [1.807, 2.05) is 0 Å². The molecule has 2 aliphatic rings. The lowest BCUT2D eigenvalue weighted by Crippen LogP contribution is -2.20. The molecule has 1 unspecified atom stereocenters. The molecule has 0 saturated heterocycles. The van der Waals surface area contributed by atoms with Crippen LogP contribution in [0, 0.1) is 11.8 Å². The molecule has 0 heterocycles. The Balaban J connectivity index is 1.69. The van der Waals surface area contributed by atoms with Crippen LogP contribution in [0.3, 0.4) is 0 Å². The summed E-state index contributed by atoms with van der Waals surface area (Å²) < 4.78 is 0. The number of Topliss-reactive ketones (excluding diaryl/α,β-unsaturated/α-hetero) is 1. The first-order chi connectivity index (χ1) is 7.36. The minimum atomic E-state index is 0.445. The Labute approximate surface area is 93.6 Å². The lowest BCUT2D eigenvalue weighted by Gasteiger charge is -2.25. The first-order valence-corrected chi connectivity index (χ1v) is 6.89. The highest BCUT2D eigenvalue weighted by Crippen LogP contribution is 2.31. The first kappa shape index (κ1) is 11.2. The number of carbonyl (C=O) groups excluding carboxylic acids is 1. The van der Waals surface area contributed by atoms with Crippen molar-refractivity contribution in [2.24, 2.45) is 11.8 Å². The smallest absolute Gasteiger partial charge is 0.135 e. The largest absolute Gasteiger partial charge is 0.299 e. The van der Waals surface area contributed by atoms with Crippen LogP contribution in [0.25, 0.3) is 0 Å². The maximum Gasteiger partial charge on any atom is 0.135 e. The Morgan fingerprint density at radius 1 is 0.867 bits per heavy atom. The monoisotopic (exact) mass is 208 g/mol. The number of carbonyl (C=O) groups is 1. The normalized spacial score (nSPS) is 29.3. The van der Waals surface area contributed by atoms with Crippen LogP contribution in [0.1, 0.15) is 70.6 Å². The molecule has 1 heteroatoms. The van der Waals surface area contributed by atoms with Crippen LogP contribution in [0.5, 0.6) is 0 Å². The highest BCUT2D eigenvalue weighted by molar-refractivity contribution is 5.81. The molecule has 2 rings (SSSR count). The second-order valence-corrected chi connectivity index (χ2v) is 5.49. The topological polar surface area (TPSA) is 17.1 Å². The molecule has 0 N–H and O–H groups in total. The third-order valence-corrected chi connectivity index (χ3v) is 4.33. The molecule has 0 bridgehead atoms. The van der Waals surface area contributed by atoms with Gasteiger partial charge in [-0.1, -0.05) is 38.5 Å². The fourth-order valence-corrected chi connectivity index (χ4v) is 3.27. The maximum absolute atomic E-state index is 11.7. The SMILES string of the molecule is O=C1CCCCC1CCC1CCCCC1. The van der Waals surface area contributed by atoms with Gasteiger partial charge in [0, 0.05) is 12.3 Å². The van der Waals surface area contributed by atoms with Crippen molar-refractivity contribution in [2.45, 2.75) is 70.6 Å². The predicted molar refractivity (Wildman–Crippen MR) is 62.8 cm³/mol. The Bertz CT molecular complexity index is 203. The molecule has 1 atom stereocenters. The zero-order chi connectivity index (χ0) is 10.5. The molecule has 0 aliphatic heterocycles. The number of hydrogen-bond acceptors (Lipinski definition) is 1. The molecule has 0 aromatic rings. The summed E-state index contributed by atoms with van der Waals surface area (Å²) >= 11 is 0. The van der Waals surface area contributed by atoms with Crippen LogP contribution < -0.4 is 0 Å². The standard InChI is InChI=1S/C14H24O/c15-14-9-5-4-8-13(14)11-10-12-6-2-1-3-7-12/h12-13H,1-11H2. The molecular weight excluding hydrogens is 184 g/mol. The van der Waals surface area contributed by atoms with Crippen molar-refractivity contribution in [1.82, 2.24) is 0 Å². The van der Waals surface area contributed by atoms with E-state index in [1.54, 1.807) is 0 Å². The van der Waals surface area contributed by atoms with Crippen molar-refractivity contribution in [2.75, 3.05) is 0 Å². The van der Waals surface area contributed by atoms with E-state index >= 15 is 0 Å². The maximum atomic E-state index is 11.7. The third kappa shape index (κ3) is 3.32. The van der Waals surface area contributed by atoms with Crippen LogP contribution in [-0.2, 0) is 4.79 Å². The summed E-state index contributed by atoms with van der Waals surface area (Å²) in [5, 5.41) is 0. The lowest BCUT2D eigenvalue weighted by molar-refractivity contribution is -0.124. The van der Waals surface area contributed by atoms with E-state index in [4.69, 9.17) is 0 Å². The molecule has 86 valence electrons. The van der Waals surface area contributed by atoms with Crippen molar-refractivity contribution < 1.29 is 4.79 Å². The molecule has 0 amide bonds. The van der Waals surface area contributed by atoms with Crippen LogP contribution in [0.15, 0.2) is 0 Å². The van der Waals surface area contributed by atoms with E-state index in [0.717, 1.165) is 18.8 Å². The van der Waals surface area contributed by atoms with Gasteiger partial charge >= 0.3 is 0 Å². The second-order valence-electron chi connectivity index (χ2n) is 5.49. The Morgan fingerprint density at radius 2 is 1.60 bits per heavy atom. The second kappa shape index (κ2) is 5.67. The first-order valence-electron chi connectivity index (χ1n) is 6.89. The van der Waals surface area contributed by atoms with Gasteiger partial charge in [0.25, 0.3) is 0 Å². The van der Waals surface area contributed by atoms with Gasteiger partial charge in [0.1, 0.15) is 5.78 Å². The van der Waals surface area contributed by atoms with E-state index in [2.05, 4.69) is 0 Å². The number of hydrogen-bond donors (Lipinski definition) is 0. The summed E-state index contributed by atoms with van der Waals surface area (Å²) in [4.78, 5) is 11.7. The van der Waals surface area contributed by atoms with Gasteiger partial charge < -0.3 is 0 Å². The van der Waals surface area contributed by atoms with E-state index in [0.29, 0.717) is 11.7 Å². The van der Waals surface area contributed by atoms with Gasteiger partial charge in [-0.3, -0.25) is 4.79 Å². The summed E-state index contributed by atoms with van der Waals surface area (Å²) in [6.07, 6.45) is 14.2. The Hall–Kier alpha value is -0.330. The van der Waals surface area contributed by atoms with Crippen LogP contribution >= 0.6 is 0 Å². The minimum absolute atomic E-state index is 0.445. The molecule has 2 fully saturated rings. The fourth-order valence-electron chi connectivity index (χ4n) is 3.27. The van der Waals surface area contributed by atoms with Gasteiger partial charge in [-0.2, -0.15) is 0 Å². The third-order valence-electron chi connectivity index (χ3n) is 4.33. The van der Waals surface area contributed by atoms with Crippen molar-refractivity contribution >= 4 is 5.78 Å². The number of ketones is 1. The van der Waals surface area contributed by atoms with Crippen molar-refractivity contribution in [1.29, 1.82) is 0 Å². The average Bonchev–Trinajstić information content (AvgIpc) is 2.29. The minimum Gasteiger partial charge on any atom is -0.299 e. The van der Waals surface area contributed by atoms with Gasteiger partial charge in [0.15, 0.2) is 0 Å². The fraction of sp³-hybridized carbons (Fsp3) is 0.929. The number of rotatable bonds is 3. The van der Waals surface area contributed by atoms with Gasteiger partial charge in [0.2, 0.25) is 0 Å². The Kier molecular flexibility index (Phi) is 4.22. The molecule has 2 aliphatic carbocycles. The summed E-state index contributed by atoms with van der Waals surface area (Å²) in [6, 6.07) is 0. The molecular formula is C14H24O. The molecule has 2 saturated carbocycles. The predicted octanol–water partition coefficient (Wildman–Crippen LogP) is 4.11. The summed E-state index contributed by atoms with van der Waals surface area (Å²) in [7, 11) is 0. The van der Waals surface area contributed by atoms with E-state index in [1.165, 1.54) is 57.8 Å². The van der Waals surface area contributed by atoms with E-state index in [9.17, 15) is 4.79 Å². The zero-order valence-corrected chi connectivity index (χ0v) is 9.84. The van der Waals surface area contributed by atoms with Crippen LogP contribution in [0.2, 0.25) is 0 Å². The van der Waals surface area contributed by atoms with E-state index in [-0.39, 0.29) is 0 Å². The lowest BCUT2D eigenvalue weighted by atomic mass is 9.80.